The van der Waals surface area contributed by atoms with E-state index in [4.69, 9.17) is 18.9 Å². The molecule has 10 nitrogen and oxygen atoms in total. The summed E-state index contributed by atoms with van der Waals surface area (Å²) in [5.74, 6) is -0.899. The summed E-state index contributed by atoms with van der Waals surface area (Å²) in [7, 11) is 1.69. The average Bonchev–Trinajstić information content (AvgIpc) is 3.20. The third kappa shape index (κ3) is 30.5. The minimum Gasteiger partial charge on any atom is -0.462 e. The van der Waals surface area contributed by atoms with Crippen molar-refractivity contribution in [2.24, 2.45) is 0 Å². The van der Waals surface area contributed by atoms with Gasteiger partial charge in [0.2, 0.25) is 11.8 Å². The Morgan fingerprint density at radius 3 is 1.36 bits per heavy atom. The second kappa shape index (κ2) is 34.4. The fraction of sp³-hybridized carbons (Fsp3) is 0.918. The Balaban J connectivity index is 2.55. The van der Waals surface area contributed by atoms with Crippen LogP contribution in [0.3, 0.4) is 0 Å². The van der Waals surface area contributed by atoms with Crippen molar-refractivity contribution in [3.05, 3.63) is 0 Å². The maximum Gasteiger partial charge on any atom is 0.306 e. The Hall–Kier alpha value is -2.20. The van der Waals surface area contributed by atoms with E-state index in [9.17, 15) is 19.2 Å². The first kappa shape index (κ1) is 54.8. The summed E-state index contributed by atoms with van der Waals surface area (Å²) in [5, 5.41) is 5.97. The van der Waals surface area contributed by atoms with Crippen LogP contribution in [-0.4, -0.2) is 73.5 Å². The Morgan fingerprint density at radius 1 is 0.542 bits per heavy atom. The van der Waals surface area contributed by atoms with E-state index in [1.165, 1.54) is 103 Å². The molecule has 0 saturated heterocycles. The monoisotopic (exact) mass is 837 g/mol. The number of carbonyl (C=O) groups is 4. The lowest BCUT2D eigenvalue weighted by Crippen LogP contribution is -2.46. The molecule has 3 atom stereocenters. The first-order chi connectivity index (χ1) is 28.3. The van der Waals surface area contributed by atoms with Crippen molar-refractivity contribution >= 4 is 23.8 Å². The molecule has 0 spiro atoms. The Kier molecular flexibility index (Phi) is 32.0. The fourth-order valence-corrected chi connectivity index (χ4v) is 7.73. The number of amides is 2. The molecule has 1 saturated carbocycles. The number of nitrogens with one attached hydrogen (secondary N) is 2. The molecule has 59 heavy (non-hydrogen) atoms. The van der Waals surface area contributed by atoms with E-state index in [0.29, 0.717) is 51.7 Å². The standard InChI is InChI=1S/C49H92N2O8/c1-8-11-13-15-17-19-21-23-25-27-29-31-46(54)58-42-37-41(38-43(39-42)59-47(55)32-30-28-26-24-22-20-18-16-14-12-9-2)51-45(53)34-33-44(52)50-36-35-48(4,5)57-40-49(6,10-3)56-7/h41-43H,8-40H2,1-7H3,(H,50,52)(H,51,53). The van der Waals surface area contributed by atoms with Crippen molar-refractivity contribution in [3.63, 3.8) is 0 Å². The minimum absolute atomic E-state index is 0.0392. The SMILES string of the molecule is CCCCCCCCCCCCCC(=O)OC1CC(NC(=O)CCC(=O)NCCC(C)(C)OCC(C)(CC)OC)CC(OC(=O)CCCCCCCCCCCCC)C1. The van der Waals surface area contributed by atoms with Gasteiger partial charge in [0.15, 0.2) is 0 Å². The second-order valence-corrected chi connectivity index (χ2v) is 18.4. The van der Waals surface area contributed by atoms with Gasteiger partial charge in [-0.3, -0.25) is 19.2 Å². The molecular formula is C49H92N2O8. The lowest BCUT2D eigenvalue weighted by Gasteiger charge is -2.34. The molecule has 0 radical (unpaired) electrons. The lowest BCUT2D eigenvalue weighted by atomic mass is 9.90. The number of esters is 2. The van der Waals surface area contributed by atoms with Gasteiger partial charge < -0.3 is 29.6 Å². The predicted molar refractivity (Wildman–Crippen MR) is 240 cm³/mol. The second-order valence-electron chi connectivity index (χ2n) is 18.4. The zero-order chi connectivity index (χ0) is 43.6. The minimum atomic E-state index is -0.444. The molecule has 346 valence electrons. The van der Waals surface area contributed by atoms with Crippen LogP contribution < -0.4 is 10.6 Å². The van der Waals surface area contributed by atoms with Crippen LogP contribution in [0.4, 0.5) is 0 Å². The molecule has 2 amide bonds. The van der Waals surface area contributed by atoms with Crippen LogP contribution in [0.2, 0.25) is 0 Å². The lowest BCUT2D eigenvalue weighted by molar-refractivity contribution is -0.160. The average molecular weight is 837 g/mol. The maximum absolute atomic E-state index is 13.1. The van der Waals surface area contributed by atoms with Crippen LogP contribution in [0.1, 0.15) is 241 Å². The molecule has 0 bridgehead atoms. The highest BCUT2D eigenvalue weighted by molar-refractivity contribution is 5.83. The van der Waals surface area contributed by atoms with E-state index in [1.54, 1.807) is 7.11 Å². The summed E-state index contributed by atoms with van der Waals surface area (Å²) in [5.41, 5.74) is -0.797. The molecule has 0 aliphatic heterocycles. The smallest absolute Gasteiger partial charge is 0.306 e. The maximum atomic E-state index is 13.1. The molecule has 10 heteroatoms. The Morgan fingerprint density at radius 2 is 0.949 bits per heavy atom. The topological polar surface area (TPSA) is 129 Å². The van der Waals surface area contributed by atoms with Gasteiger partial charge in [0.1, 0.15) is 12.2 Å². The van der Waals surface area contributed by atoms with E-state index in [0.717, 1.165) is 44.9 Å². The van der Waals surface area contributed by atoms with Crippen LogP contribution in [0.15, 0.2) is 0 Å². The summed E-state index contributed by atoms with van der Waals surface area (Å²) >= 11 is 0. The molecule has 1 aliphatic rings. The van der Waals surface area contributed by atoms with Crippen molar-refractivity contribution in [2.45, 2.75) is 270 Å². The Bertz CT molecular complexity index is 1050. The van der Waals surface area contributed by atoms with Gasteiger partial charge >= 0.3 is 11.9 Å². The normalized spacial score (nSPS) is 17.9. The quantitative estimate of drug-likeness (QED) is 0.0464. The van der Waals surface area contributed by atoms with Crippen molar-refractivity contribution in [1.29, 1.82) is 0 Å². The van der Waals surface area contributed by atoms with Crippen molar-refractivity contribution in [3.8, 4) is 0 Å². The number of unbranched alkanes of at least 4 members (excludes halogenated alkanes) is 20. The number of ether oxygens (including phenoxy) is 4. The predicted octanol–water partition coefficient (Wildman–Crippen LogP) is 11.8. The largest absolute Gasteiger partial charge is 0.462 e. The van der Waals surface area contributed by atoms with E-state index < -0.39 is 17.8 Å². The molecule has 0 aromatic carbocycles. The molecule has 2 N–H and O–H groups in total. The number of carbonyl (C=O) groups excluding carboxylic acids is 4. The molecule has 0 aromatic rings. The van der Waals surface area contributed by atoms with Crippen LogP contribution >= 0.6 is 0 Å². The van der Waals surface area contributed by atoms with Crippen molar-refractivity contribution in [2.75, 3.05) is 20.3 Å². The molecule has 0 aromatic heterocycles. The number of hydrogen-bond acceptors (Lipinski definition) is 8. The summed E-state index contributed by atoms with van der Waals surface area (Å²) in [6.07, 6.45) is 29.5. The summed E-state index contributed by atoms with van der Waals surface area (Å²) < 4.78 is 23.6. The highest BCUT2D eigenvalue weighted by Gasteiger charge is 2.34. The first-order valence-electron chi connectivity index (χ1n) is 24.5. The molecule has 1 fully saturated rings. The van der Waals surface area contributed by atoms with Gasteiger partial charge in [-0.05, 0) is 46.5 Å². The van der Waals surface area contributed by atoms with E-state index in [1.807, 2.05) is 20.8 Å². The van der Waals surface area contributed by atoms with Gasteiger partial charge in [-0.1, -0.05) is 149 Å². The van der Waals surface area contributed by atoms with Gasteiger partial charge in [0, 0.05) is 64.6 Å². The number of methoxy groups -OCH3 is 1. The van der Waals surface area contributed by atoms with Crippen LogP contribution in [0.5, 0.6) is 0 Å². The highest BCUT2D eigenvalue weighted by Crippen LogP contribution is 2.26. The fourth-order valence-electron chi connectivity index (χ4n) is 7.73. The zero-order valence-electron chi connectivity index (χ0n) is 39.3. The zero-order valence-corrected chi connectivity index (χ0v) is 39.3. The summed E-state index contributed by atoms with van der Waals surface area (Å²) in [6, 6.07) is -0.322. The number of rotatable bonds is 38. The Labute approximate surface area is 361 Å². The molecule has 1 aliphatic carbocycles. The van der Waals surface area contributed by atoms with Crippen LogP contribution in [0.25, 0.3) is 0 Å². The summed E-state index contributed by atoms with van der Waals surface area (Å²) in [6.45, 7) is 13.5. The highest BCUT2D eigenvalue weighted by atomic mass is 16.6. The van der Waals surface area contributed by atoms with Gasteiger partial charge in [-0.15, -0.1) is 0 Å². The van der Waals surface area contributed by atoms with Gasteiger partial charge in [0.05, 0.1) is 17.8 Å². The molecule has 3 unspecified atom stereocenters. The third-order valence-electron chi connectivity index (χ3n) is 12.2. The van der Waals surface area contributed by atoms with Crippen LogP contribution in [-0.2, 0) is 38.1 Å². The van der Waals surface area contributed by atoms with Crippen LogP contribution in [0, 0.1) is 0 Å². The third-order valence-corrected chi connectivity index (χ3v) is 12.2. The molecule has 0 heterocycles. The van der Waals surface area contributed by atoms with Gasteiger partial charge in [-0.25, -0.2) is 0 Å². The van der Waals surface area contributed by atoms with E-state index in [-0.39, 0.29) is 48.2 Å². The van der Waals surface area contributed by atoms with Crippen molar-refractivity contribution in [1.82, 2.24) is 10.6 Å². The number of hydrogen-bond donors (Lipinski definition) is 2. The summed E-state index contributed by atoms with van der Waals surface area (Å²) in [4.78, 5) is 51.5. The molecular weight excluding hydrogens is 745 g/mol. The van der Waals surface area contributed by atoms with Gasteiger partial charge in [0.25, 0.3) is 0 Å². The molecule has 1 rings (SSSR count). The van der Waals surface area contributed by atoms with E-state index in [2.05, 4.69) is 31.4 Å². The van der Waals surface area contributed by atoms with E-state index >= 15 is 0 Å². The van der Waals surface area contributed by atoms with Gasteiger partial charge in [-0.2, -0.15) is 0 Å². The first-order valence-corrected chi connectivity index (χ1v) is 24.5. The van der Waals surface area contributed by atoms with Crippen molar-refractivity contribution < 1.29 is 38.1 Å².